The van der Waals surface area contributed by atoms with Crippen molar-refractivity contribution in [2.24, 2.45) is 0 Å². The number of hydrogen-bond acceptors (Lipinski definition) is 4. The van der Waals surface area contributed by atoms with E-state index in [1.807, 2.05) is 18.2 Å². The molecule has 0 saturated carbocycles. The minimum atomic E-state index is -4.88. The standard InChI is InChI=1S/C20H16F4N4O2/c1-30-17-8-3-2-7-16(17)28-15-9-10-27(11-14(15)25-26-28)19(29)12-5-4-6-13(18(12)21)20(22,23)24/h2-8H,9-11H2,1H3. The Balaban J connectivity index is 1.62. The lowest BCUT2D eigenvalue weighted by Crippen LogP contribution is -2.37. The predicted molar refractivity (Wildman–Crippen MR) is 97.8 cm³/mol. The number of nitrogens with zero attached hydrogens (tertiary/aromatic N) is 4. The second kappa shape index (κ2) is 7.43. The molecule has 0 aliphatic carbocycles. The quantitative estimate of drug-likeness (QED) is 0.608. The molecule has 0 atom stereocenters. The highest BCUT2D eigenvalue weighted by atomic mass is 19.4. The largest absolute Gasteiger partial charge is 0.494 e. The number of benzene rings is 2. The Hall–Kier alpha value is -3.43. The van der Waals surface area contributed by atoms with Crippen molar-refractivity contribution < 1.29 is 27.1 Å². The average Bonchev–Trinajstić information content (AvgIpc) is 3.15. The molecule has 0 spiro atoms. The zero-order valence-electron chi connectivity index (χ0n) is 15.8. The van der Waals surface area contributed by atoms with Gasteiger partial charge < -0.3 is 9.64 Å². The van der Waals surface area contributed by atoms with Crippen LogP contribution in [0.2, 0.25) is 0 Å². The molecule has 6 nitrogen and oxygen atoms in total. The maximum absolute atomic E-state index is 14.4. The molecule has 2 heterocycles. The van der Waals surface area contributed by atoms with Crippen LogP contribution in [0, 0.1) is 5.82 Å². The van der Waals surface area contributed by atoms with Crippen LogP contribution >= 0.6 is 0 Å². The summed E-state index contributed by atoms with van der Waals surface area (Å²) >= 11 is 0. The van der Waals surface area contributed by atoms with E-state index in [4.69, 9.17) is 4.74 Å². The van der Waals surface area contributed by atoms with Crippen LogP contribution < -0.4 is 4.74 Å². The highest BCUT2D eigenvalue weighted by Crippen LogP contribution is 2.33. The number of aromatic nitrogens is 3. The number of halogens is 4. The molecule has 0 fully saturated rings. The number of fused-ring (bicyclic) bond motifs is 1. The molecule has 10 heteroatoms. The summed E-state index contributed by atoms with van der Waals surface area (Å²) in [5.74, 6) is -1.80. The molecule has 4 rings (SSSR count). The monoisotopic (exact) mass is 420 g/mol. The molecule has 1 aromatic heterocycles. The molecule has 0 bridgehead atoms. The smallest absolute Gasteiger partial charge is 0.419 e. The molecule has 156 valence electrons. The van der Waals surface area contributed by atoms with E-state index in [9.17, 15) is 22.4 Å². The van der Waals surface area contributed by atoms with E-state index in [0.717, 1.165) is 17.8 Å². The molecule has 0 unspecified atom stereocenters. The summed E-state index contributed by atoms with van der Waals surface area (Å²) < 4.78 is 60.2. The van der Waals surface area contributed by atoms with Crippen LogP contribution in [0.5, 0.6) is 5.75 Å². The number of ether oxygens (including phenoxy) is 1. The third-order valence-corrected chi connectivity index (χ3v) is 4.94. The van der Waals surface area contributed by atoms with Crippen molar-refractivity contribution in [3.63, 3.8) is 0 Å². The van der Waals surface area contributed by atoms with Crippen LogP contribution in [0.4, 0.5) is 17.6 Å². The van der Waals surface area contributed by atoms with Crippen molar-refractivity contribution in [3.8, 4) is 11.4 Å². The summed E-state index contributed by atoms with van der Waals surface area (Å²) in [5, 5.41) is 8.24. The van der Waals surface area contributed by atoms with Gasteiger partial charge in [0, 0.05) is 13.0 Å². The van der Waals surface area contributed by atoms with Crippen LogP contribution in [0.25, 0.3) is 5.69 Å². The number of rotatable bonds is 3. The molecular weight excluding hydrogens is 404 g/mol. The van der Waals surface area contributed by atoms with Gasteiger partial charge in [0.1, 0.15) is 22.9 Å². The first-order valence-corrected chi connectivity index (χ1v) is 9.03. The number of methoxy groups -OCH3 is 1. The highest BCUT2D eigenvalue weighted by Gasteiger charge is 2.37. The van der Waals surface area contributed by atoms with Crippen LogP contribution in [-0.2, 0) is 19.1 Å². The van der Waals surface area contributed by atoms with E-state index >= 15 is 0 Å². The zero-order chi connectivity index (χ0) is 21.5. The number of alkyl halides is 3. The number of amides is 1. The van der Waals surface area contributed by atoms with Crippen molar-refractivity contribution in [3.05, 3.63) is 70.8 Å². The molecule has 0 N–H and O–H groups in total. The summed E-state index contributed by atoms with van der Waals surface area (Å²) in [7, 11) is 1.53. The topological polar surface area (TPSA) is 60.2 Å². The van der Waals surface area contributed by atoms with Crippen molar-refractivity contribution in [1.82, 2.24) is 19.9 Å². The summed E-state index contributed by atoms with van der Waals surface area (Å²) in [6.45, 7) is 0.197. The van der Waals surface area contributed by atoms with Gasteiger partial charge >= 0.3 is 6.18 Å². The summed E-state index contributed by atoms with van der Waals surface area (Å²) in [6.07, 6.45) is -4.53. The third-order valence-electron chi connectivity index (χ3n) is 4.94. The lowest BCUT2D eigenvalue weighted by Gasteiger charge is -2.27. The van der Waals surface area contributed by atoms with Crippen molar-refractivity contribution in [2.45, 2.75) is 19.1 Å². The summed E-state index contributed by atoms with van der Waals surface area (Å²) in [4.78, 5) is 14.0. The molecule has 1 aliphatic rings. The van der Waals surface area contributed by atoms with Crippen molar-refractivity contribution in [1.29, 1.82) is 0 Å². The predicted octanol–water partition coefficient (Wildman–Crippen LogP) is 3.63. The van der Waals surface area contributed by atoms with E-state index in [1.54, 1.807) is 10.7 Å². The molecule has 2 aromatic carbocycles. The van der Waals surface area contributed by atoms with E-state index in [1.165, 1.54) is 12.0 Å². The Morgan fingerprint density at radius 3 is 2.63 bits per heavy atom. The minimum Gasteiger partial charge on any atom is -0.494 e. The number of hydrogen-bond donors (Lipinski definition) is 0. The fourth-order valence-corrected chi connectivity index (χ4v) is 3.46. The summed E-state index contributed by atoms with van der Waals surface area (Å²) in [6, 6.07) is 9.90. The minimum absolute atomic E-state index is 0.0129. The number of para-hydroxylation sites is 2. The molecular formula is C20H16F4N4O2. The fourth-order valence-electron chi connectivity index (χ4n) is 3.46. The van der Waals surface area contributed by atoms with E-state index in [2.05, 4.69) is 10.3 Å². The van der Waals surface area contributed by atoms with E-state index in [0.29, 0.717) is 29.6 Å². The fraction of sp³-hybridized carbons (Fsp3) is 0.250. The van der Waals surface area contributed by atoms with Crippen molar-refractivity contribution >= 4 is 5.91 Å². The van der Waals surface area contributed by atoms with Crippen LogP contribution in [0.1, 0.15) is 27.3 Å². The van der Waals surface area contributed by atoms with Gasteiger partial charge in [0.15, 0.2) is 0 Å². The lowest BCUT2D eigenvalue weighted by atomic mass is 10.1. The highest BCUT2D eigenvalue weighted by molar-refractivity contribution is 5.94. The Kier molecular flexibility index (Phi) is 4.92. The maximum Gasteiger partial charge on any atom is 0.419 e. The first-order valence-electron chi connectivity index (χ1n) is 9.03. The van der Waals surface area contributed by atoms with E-state index in [-0.39, 0.29) is 13.1 Å². The van der Waals surface area contributed by atoms with Gasteiger partial charge in [-0.15, -0.1) is 5.10 Å². The van der Waals surface area contributed by atoms with Gasteiger partial charge in [-0.3, -0.25) is 4.79 Å². The third kappa shape index (κ3) is 3.38. The van der Waals surface area contributed by atoms with Crippen molar-refractivity contribution in [2.75, 3.05) is 13.7 Å². The van der Waals surface area contributed by atoms with Crippen LogP contribution in [0.3, 0.4) is 0 Å². The Morgan fingerprint density at radius 2 is 1.90 bits per heavy atom. The summed E-state index contributed by atoms with van der Waals surface area (Å²) in [5.41, 5.74) is -0.156. The second-order valence-corrected chi connectivity index (χ2v) is 6.71. The first-order chi connectivity index (χ1) is 14.3. The van der Waals surface area contributed by atoms with Gasteiger partial charge in [0.25, 0.3) is 5.91 Å². The maximum atomic E-state index is 14.4. The molecule has 1 amide bonds. The Bertz CT molecular complexity index is 1110. The van der Waals surface area contributed by atoms with Crippen LogP contribution in [-0.4, -0.2) is 39.5 Å². The molecule has 30 heavy (non-hydrogen) atoms. The number of carbonyl (C=O) groups is 1. The molecule has 0 radical (unpaired) electrons. The molecule has 0 saturated heterocycles. The van der Waals surface area contributed by atoms with Gasteiger partial charge in [-0.25, -0.2) is 9.07 Å². The normalized spacial score (nSPS) is 13.8. The van der Waals surface area contributed by atoms with Gasteiger partial charge in [-0.2, -0.15) is 13.2 Å². The lowest BCUT2D eigenvalue weighted by molar-refractivity contribution is -0.140. The average molecular weight is 420 g/mol. The number of carbonyl (C=O) groups excluding carboxylic acids is 1. The van der Waals surface area contributed by atoms with Gasteiger partial charge in [0.05, 0.1) is 30.5 Å². The molecule has 1 aliphatic heterocycles. The van der Waals surface area contributed by atoms with Gasteiger partial charge in [0.2, 0.25) is 0 Å². The van der Waals surface area contributed by atoms with E-state index < -0.39 is 29.0 Å². The SMILES string of the molecule is COc1ccccc1-n1nnc2c1CCN(C(=O)c1cccc(C(F)(F)F)c1F)C2. The first kappa shape index (κ1) is 19.9. The van der Waals surface area contributed by atoms with Gasteiger partial charge in [-0.05, 0) is 24.3 Å². The second-order valence-electron chi connectivity index (χ2n) is 6.71. The molecule has 3 aromatic rings. The Labute approximate surface area is 168 Å². The van der Waals surface area contributed by atoms with Crippen LogP contribution in [0.15, 0.2) is 42.5 Å². The Morgan fingerprint density at radius 1 is 1.13 bits per heavy atom. The van der Waals surface area contributed by atoms with Gasteiger partial charge in [-0.1, -0.05) is 23.4 Å². The zero-order valence-corrected chi connectivity index (χ0v) is 15.8.